The fourth-order valence-electron chi connectivity index (χ4n) is 3.66. The molecule has 0 aliphatic carbocycles. The highest BCUT2D eigenvalue weighted by molar-refractivity contribution is 14.0. The number of rotatable bonds is 6. The zero-order chi connectivity index (χ0) is 20.6. The van der Waals surface area contributed by atoms with Gasteiger partial charge in [0, 0.05) is 38.2 Å². The van der Waals surface area contributed by atoms with E-state index in [-0.39, 0.29) is 41.4 Å². The molecule has 29 heavy (non-hydrogen) atoms. The van der Waals surface area contributed by atoms with E-state index in [1.165, 1.54) is 6.42 Å². The van der Waals surface area contributed by atoms with E-state index in [1.54, 1.807) is 7.05 Å². The zero-order valence-electron chi connectivity index (χ0n) is 18.4. The zero-order valence-corrected chi connectivity index (χ0v) is 20.7. The highest BCUT2D eigenvalue weighted by Gasteiger charge is 2.35. The molecule has 1 heterocycles. The topological polar surface area (TPSA) is 74.8 Å². The van der Waals surface area contributed by atoms with E-state index < -0.39 is 0 Å². The van der Waals surface area contributed by atoms with E-state index in [0.29, 0.717) is 18.0 Å². The number of nitrogens with one attached hydrogen (secondary N) is 3. The quantitative estimate of drug-likeness (QED) is 0.307. The first-order chi connectivity index (χ1) is 13.3. The second-order valence-corrected chi connectivity index (χ2v) is 8.41. The van der Waals surface area contributed by atoms with Crippen LogP contribution in [-0.4, -0.2) is 44.7 Å². The van der Waals surface area contributed by atoms with Gasteiger partial charge in [-0.25, -0.2) is 4.99 Å². The van der Waals surface area contributed by atoms with Crippen molar-refractivity contribution in [3.8, 4) is 0 Å². The first-order valence-electron chi connectivity index (χ1n) is 10.3. The second kappa shape index (κ2) is 12.4. The number of ether oxygens (including phenoxy) is 1. The highest BCUT2D eigenvalue weighted by Crippen LogP contribution is 2.33. The van der Waals surface area contributed by atoms with Crippen LogP contribution in [0.2, 0.25) is 0 Å². The van der Waals surface area contributed by atoms with Crippen molar-refractivity contribution in [3.63, 3.8) is 0 Å². The first-order valence-corrected chi connectivity index (χ1v) is 10.3. The van der Waals surface area contributed by atoms with Crippen LogP contribution in [0.25, 0.3) is 0 Å². The van der Waals surface area contributed by atoms with Crippen LogP contribution in [0.5, 0.6) is 0 Å². The molecule has 0 radical (unpaired) electrons. The third-order valence-corrected chi connectivity index (χ3v) is 5.04. The summed E-state index contributed by atoms with van der Waals surface area (Å²) in [6.07, 6.45) is 2.55. The van der Waals surface area contributed by atoms with Gasteiger partial charge in [-0.15, -0.1) is 24.0 Å². The number of benzene rings is 1. The smallest absolute Gasteiger partial charge is 0.251 e. The molecule has 0 spiro atoms. The average molecular weight is 516 g/mol. The van der Waals surface area contributed by atoms with Gasteiger partial charge >= 0.3 is 0 Å². The van der Waals surface area contributed by atoms with Gasteiger partial charge in [-0.1, -0.05) is 32.9 Å². The average Bonchev–Trinajstić information content (AvgIpc) is 2.69. The number of carbonyl (C=O) groups is 1. The number of nitrogens with zero attached hydrogens (tertiary/aromatic N) is 1. The molecule has 1 aromatic carbocycles. The maximum absolute atomic E-state index is 11.6. The normalized spacial score (nSPS) is 19.8. The van der Waals surface area contributed by atoms with Crippen molar-refractivity contribution in [1.29, 1.82) is 0 Å². The molecule has 1 aliphatic rings. The lowest BCUT2D eigenvalue weighted by Gasteiger charge is -2.40. The molecular weight excluding hydrogens is 479 g/mol. The maximum atomic E-state index is 11.6. The fourth-order valence-corrected chi connectivity index (χ4v) is 3.66. The molecule has 164 valence electrons. The maximum Gasteiger partial charge on any atom is 0.251 e. The minimum Gasteiger partial charge on any atom is -0.377 e. The van der Waals surface area contributed by atoms with E-state index in [4.69, 9.17) is 9.73 Å². The first kappa shape index (κ1) is 25.7. The van der Waals surface area contributed by atoms with Crippen LogP contribution < -0.4 is 16.0 Å². The van der Waals surface area contributed by atoms with Gasteiger partial charge in [0.1, 0.15) is 0 Å². The molecule has 1 aromatic rings. The predicted molar refractivity (Wildman–Crippen MR) is 130 cm³/mol. The Morgan fingerprint density at radius 3 is 2.48 bits per heavy atom. The molecule has 3 N–H and O–H groups in total. The minimum absolute atomic E-state index is 0. The molecule has 0 bridgehead atoms. The molecule has 1 aliphatic heterocycles. The van der Waals surface area contributed by atoms with Crippen molar-refractivity contribution in [2.45, 2.75) is 53.2 Å². The molecule has 2 atom stereocenters. The van der Waals surface area contributed by atoms with Crippen molar-refractivity contribution in [1.82, 2.24) is 16.0 Å². The lowest BCUT2D eigenvalue weighted by atomic mass is 9.78. The molecular formula is C22H37IN4O2. The van der Waals surface area contributed by atoms with Gasteiger partial charge in [0.05, 0.1) is 12.6 Å². The molecule has 1 fully saturated rings. The van der Waals surface area contributed by atoms with E-state index in [1.807, 2.05) is 24.3 Å². The van der Waals surface area contributed by atoms with Crippen molar-refractivity contribution >= 4 is 35.8 Å². The van der Waals surface area contributed by atoms with Crippen LogP contribution in [0.4, 0.5) is 0 Å². The summed E-state index contributed by atoms with van der Waals surface area (Å²) in [5.41, 5.74) is 1.86. The van der Waals surface area contributed by atoms with Gasteiger partial charge < -0.3 is 20.7 Å². The van der Waals surface area contributed by atoms with E-state index in [9.17, 15) is 4.79 Å². The van der Waals surface area contributed by atoms with Crippen molar-refractivity contribution in [2.24, 2.45) is 16.3 Å². The lowest BCUT2D eigenvalue weighted by molar-refractivity contribution is -0.0835. The van der Waals surface area contributed by atoms with Gasteiger partial charge in [0.15, 0.2) is 5.96 Å². The largest absolute Gasteiger partial charge is 0.377 e. The Bertz CT molecular complexity index is 656. The number of hydrogen-bond donors (Lipinski definition) is 3. The SMILES string of the molecule is CCNC(=NCc1ccc(C(=O)NC)cc1)NCC1CCCOC1C(C)(C)C.I. The molecule has 1 amide bonds. The van der Waals surface area contributed by atoms with Gasteiger partial charge in [-0.05, 0) is 42.9 Å². The number of guanidine groups is 1. The number of aliphatic imine (C=N–C) groups is 1. The third-order valence-electron chi connectivity index (χ3n) is 5.04. The standard InChI is InChI=1S/C22H36N4O2.HI/c1-6-24-21(25-14-16-9-11-17(12-10-16)20(27)23-5)26-15-18-8-7-13-28-19(18)22(2,3)4;/h9-12,18-19H,6-8,13-15H2,1-5H3,(H,23,27)(H2,24,25,26);1H. The highest BCUT2D eigenvalue weighted by atomic mass is 127. The lowest BCUT2D eigenvalue weighted by Crippen LogP contribution is -2.47. The Morgan fingerprint density at radius 2 is 1.90 bits per heavy atom. The Balaban J connectivity index is 0.00000420. The molecule has 0 aromatic heterocycles. The Hall–Kier alpha value is -1.35. The summed E-state index contributed by atoms with van der Waals surface area (Å²) >= 11 is 0. The fraction of sp³-hybridized carbons (Fsp3) is 0.636. The summed E-state index contributed by atoms with van der Waals surface area (Å²) in [6.45, 7) is 11.9. The summed E-state index contributed by atoms with van der Waals surface area (Å²) in [5.74, 6) is 1.22. The Morgan fingerprint density at radius 1 is 1.21 bits per heavy atom. The summed E-state index contributed by atoms with van der Waals surface area (Å²) in [7, 11) is 1.64. The van der Waals surface area contributed by atoms with Gasteiger partial charge in [-0.2, -0.15) is 0 Å². The summed E-state index contributed by atoms with van der Waals surface area (Å²) in [4.78, 5) is 16.3. The number of amides is 1. The summed E-state index contributed by atoms with van der Waals surface area (Å²) < 4.78 is 6.08. The van der Waals surface area contributed by atoms with Gasteiger partial charge in [0.25, 0.3) is 5.91 Å². The molecule has 2 unspecified atom stereocenters. The summed E-state index contributed by atoms with van der Waals surface area (Å²) in [6, 6.07) is 7.55. The predicted octanol–water partition coefficient (Wildman–Crippen LogP) is 3.56. The monoisotopic (exact) mass is 516 g/mol. The summed E-state index contributed by atoms with van der Waals surface area (Å²) in [5, 5.41) is 9.45. The van der Waals surface area contributed by atoms with Crippen LogP contribution in [-0.2, 0) is 11.3 Å². The Kier molecular flexibility index (Phi) is 11.0. The molecule has 0 saturated carbocycles. The Labute approximate surface area is 192 Å². The minimum atomic E-state index is -0.0758. The van der Waals surface area contributed by atoms with Gasteiger partial charge in [-0.3, -0.25) is 4.79 Å². The number of hydrogen-bond acceptors (Lipinski definition) is 3. The molecule has 6 nitrogen and oxygen atoms in total. The van der Waals surface area contributed by atoms with Crippen LogP contribution in [0.15, 0.2) is 29.3 Å². The van der Waals surface area contributed by atoms with Crippen LogP contribution in [0.3, 0.4) is 0 Å². The molecule has 2 rings (SSSR count). The van der Waals surface area contributed by atoms with E-state index in [0.717, 1.165) is 37.6 Å². The van der Waals surface area contributed by atoms with Crippen LogP contribution in [0.1, 0.15) is 56.5 Å². The second-order valence-electron chi connectivity index (χ2n) is 8.41. The van der Waals surface area contributed by atoms with Crippen molar-refractivity contribution < 1.29 is 9.53 Å². The third kappa shape index (κ3) is 8.12. The molecule has 7 heteroatoms. The number of carbonyl (C=O) groups excluding carboxylic acids is 1. The van der Waals surface area contributed by atoms with E-state index in [2.05, 4.69) is 43.6 Å². The van der Waals surface area contributed by atoms with E-state index >= 15 is 0 Å². The van der Waals surface area contributed by atoms with Crippen LogP contribution in [0, 0.1) is 11.3 Å². The number of halogens is 1. The van der Waals surface area contributed by atoms with Crippen molar-refractivity contribution in [2.75, 3.05) is 26.7 Å². The van der Waals surface area contributed by atoms with Gasteiger partial charge in [0.2, 0.25) is 0 Å². The molecule has 1 saturated heterocycles. The van der Waals surface area contributed by atoms with Crippen molar-refractivity contribution in [3.05, 3.63) is 35.4 Å². The van der Waals surface area contributed by atoms with Crippen LogP contribution >= 0.6 is 24.0 Å².